The first-order chi connectivity index (χ1) is 7.27. The van der Waals surface area contributed by atoms with Gasteiger partial charge in [-0.3, -0.25) is 4.98 Å². The summed E-state index contributed by atoms with van der Waals surface area (Å²) < 4.78 is 0. The zero-order valence-electron chi connectivity index (χ0n) is 8.33. The average Bonchev–Trinajstić information content (AvgIpc) is 2.30. The van der Waals surface area contributed by atoms with Crippen molar-refractivity contribution in [2.45, 2.75) is 0 Å². The van der Waals surface area contributed by atoms with Crippen molar-refractivity contribution >= 4 is 17.3 Å². The molecule has 2 aromatic rings. The minimum absolute atomic E-state index is 0.415. The van der Waals surface area contributed by atoms with Crippen LogP contribution in [0, 0.1) is 0 Å². The van der Waals surface area contributed by atoms with Crippen molar-refractivity contribution in [2.24, 2.45) is 0 Å². The molecule has 2 rings (SSSR count). The fourth-order valence-corrected chi connectivity index (χ4v) is 1.20. The molecule has 2 heterocycles. The van der Waals surface area contributed by atoms with Crippen molar-refractivity contribution < 1.29 is 0 Å². The molecule has 15 heavy (non-hydrogen) atoms. The predicted molar refractivity (Wildman–Crippen MR) is 58.7 cm³/mol. The molecule has 0 saturated heterocycles. The van der Waals surface area contributed by atoms with Crippen LogP contribution in [-0.2, 0) is 0 Å². The highest BCUT2D eigenvalue weighted by atomic mass is 15.3. The summed E-state index contributed by atoms with van der Waals surface area (Å²) in [4.78, 5) is 5.92. The van der Waals surface area contributed by atoms with Crippen LogP contribution < -0.4 is 10.6 Å². The van der Waals surface area contributed by atoms with E-state index < -0.39 is 0 Å². The zero-order chi connectivity index (χ0) is 10.7. The molecule has 0 radical (unpaired) electrons. The van der Waals surface area contributed by atoms with Crippen LogP contribution in [0.15, 0.2) is 36.7 Å². The summed E-state index contributed by atoms with van der Waals surface area (Å²) in [6, 6.07) is 7.35. The highest BCUT2D eigenvalue weighted by Gasteiger charge is 2.04. The molecule has 5 nitrogen and oxygen atoms in total. The standard InChI is InChI=1S/C10H11N5/c1-15(8-3-2-6-12-7-8)10-5-4-9(11)13-14-10/h2-7H,1H3,(H2,11,13). The smallest absolute Gasteiger partial charge is 0.155 e. The molecule has 0 saturated carbocycles. The van der Waals surface area contributed by atoms with Gasteiger partial charge < -0.3 is 10.6 Å². The number of rotatable bonds is 2. The molecule has 0 fully saturated rings. The van der Waals surface area contributed by atoms with Crippen LogP contribution in [0.25, 0.3) is 0 Å². The Hall–Kier alpha value is -2.17. The Kier molecular flexibility index (Phi) is 2.45. The van der Waals surface area contributed by atoms with E-state index in [2.05, 4.69) is 15.2 Å². The number of hydrogen-bond acceptors (Lipinski definition) is 5. The maximum absolute atomic E-state index is 5.46. The van der Waals surface area contributed by atoms with Crippen LogP contribution in [0.2, 0.25) is 0 Å². The highest BCUT2D eigenvalue weighted by molar-refractivity contribution is 5.57. The Balaban J connectivity index is 2.29. The minimum atomic E-state index is 0.415. The van der Waals surface area contributed by atoms with Crippen LogP contribution in [0.3, 0.4) is 0 Å². The summed E-state index contributed by atoms with van der Waals surface area (Å²) in [6.07, 6.45) is 3.49. The summed E-state index contributed by atoms with van der Waals surface area (Å²) in [5.74, 6) is 1.15. The number of nitrogens with zero attached hydrogens (tertiary/aromatic N) is 4. The van der Waals surface area contributed by atoms with Gasteiger partial charge in [0.2, 0.25) is 0 Å². The lowest BCUT2D eigenvalue weighted by molar-refractivity contribution is 0.993. The van der Waals surface area contributed by atoms with Crippen molar-refractivity contribution in [3.8, 4) is 0 Å². The fourth-order valence-electron chi connectivity index (χ4n) is 1.20. The van der Waals surface area contributed by atoms with E-state index in [1.165, 1.54) is 0 Å². The lowest BCUT2D eigenvalue weighted by atomic mass is 10.3. The maximum Gasteiger partial charge on any atom is 0.155 e. The molecule has 2 N–H and O–H groups in total. The van der Waals surface area contributed by atoms with Gasteiger partial charge in [-0.1, -0.05) is 0 Å². The summed E-state index contributed by atoms with van der Waals surface area (Å²) >= 11 is 0. The van der Waals surface area contributed by atoms with E-state index in [1.807, 2.05) is 30.1 Å². The number of aromatic nitrogens is 3. The second-order valence-corrected chi connectivity index (χ2v) is 3.09. The van der Waals surface area contributed by atoms with E-state index in [0.717, 1.165) is 11.5 Å². The molecule has 0 spiro atoms. The van der Waals surface area contributed by atoms with E-state index >= 15 is 0 Å². The molecular weight excluding hydrogens is 190 g/mol. The Bertz CT molecular complexity index is 425. The molecule has 0 amide bonds. The van der Waals surface area contributed by atoms with Crippen molar-refractivity contribution in [3.63, 3.8) is 0 Å². The highest BCUT2D eigenvalue weighted by Crippen LogP contribution is 2.19. The first kappa shape index (κ1) is 9.39. The number of anilines is 3. The Morgan fingerprint density at radius 3 is 2.67 bits per heavy atom. The Labute approximate surface area is 87.6 Å². The summed E-state index contributed by atoms with van der Waals surface area (Å²) in [7, 11) is 1.90. The van der Waals surface area contributed by atoms with Crippen molar-refractivity contribution in [1.82, 2.24) is 15.2 Å². The molecule has 0 aliphatic rings. The average molecular weight is 201 g/mol. The van der Waals surface area contributed by atoms with Crippen LogP contribution in [0.1, 0.15) is 0 Å². The molecule has 0 aliphatic carbocycles. The predicted octanol–water partition coefficient (Wildman–Crippen LogP) is 1.22. The van der Waals surface area contributed by atoms with Crippen molar-refractivity contribution in [2.75, 3.05) is 17.7 Å². The second kappa shape index (κ2) is 3.91. The van der Waals surface area contributed by atoms with Crippen LogP contribution in [0.5, 0.6) is 0 Å². The molecule has 0 aliphatic heterocycles. The number of nitrogens with two attached hydrogens (primary N) is 1. The van der Waals surface area contributed by atoms with Crippen LogP contribution in [-0.4, -0.2) is 22.2 Å². The van der Waals surface area contributed by atoms with Gasteiger partial charge in [0.05, 0.1) is 11.9 Å². The van der Waals surface area contributed by atoms with Gasteiger partial charge in [0.25, 0.3) is 0 Å². The topological polar surface area (TPSA) is 67.9 Å². The fraction of sp³-hybridized carbons (Fsp3) is 0.100. The van der Waals surface area contributed by atoms with Crippen LogP contribution >= 0.6 is 0 Å². The lowest BCUT2D eigenvalue weighted by Gasteiger charge is -2.16. The van der Waals surface area contributed by atoms with Crippen molar-refractivity contribution in [3.05, 3.63) is 36.7 Å². The molecular formula is C10H11N5. The first-order valence-electron chi connectivity index (χ1n) is 4.50. The first-order valence-corrected chi connectivity index (χ1v) is 4.50. The lowest BCUT2D eigenvalue weighted by Crippen LogP contribution is -2.12. The largest absolute Gasteiger partial charge is 0.382 e. The summed E-state index contributed by atoms with van der Waals surface area (Å²) in [6.45, 7) is 0. The van der Waals surface area contributed by atoms with E-state index in [1.54, 1.807) is 18.5 Å². The van der Waals surface area contributed by atoms with Gasteiger partial charge in [-0.2, -0.15) is 0 Å². The molecule has 2 aromatic heterocycles. The third-order valence-electron chi connectivity index (χ3n) is 2.05. The number of pyridine rings is 1. The minimum Gasteiger partial charge on any atom is -0.382 e. The molecule has 0 atom stereocenters. The van der Waals surface area contributed by atoms with E-state index in [9.17, 15) is 0 Å². The van der Waals surface area contributed by atoms with Gasteiger partial charge in [0.15, 0.2) is 5.82 Å². The normalized spacial score (nSPS) is 9.93. The third-order valence-corrected chi connectivity index (χ3v) is 2.05. The van der Waals surface area contributed by atoms with E-state index in [-0.39, 0.29) is 0 Å². The summed E-state index contributed by atoms with van der Waals surface area (Å²) in [5.41, 5.74) is 6.42. The third kappa shape index (κ3) is 2.01. The maximum atomic E-state index is 5.46. The van der Waals surface area contributed by atoms with Gasteiger partial charge in [-0.25, -0.2) is 0 Å². The quantitative estimate of drug-likeness (QED) is 0.791. The zero-order valence-corrected chi connectivity index (χ0v) is 8.33. The number of nitrogen functional groups attached to an aromatic ring is 1. The molecule has 0 aromatic carbocycles. The van der Waals surface area contributed by atoms with Gasteiger partial charge >= 0.3 is 0 Å². The van der Waals surface area contributed by atoms with Crippen LogP contribution in [0.4, 0.5) is 17.3 Å². The molecule has 0 bridgehead atoms. The van der Waals surface area contributed by atoms with Gasteiger partial charge in [-0.05, 0) is 24.3 Å². The number of hydrogen-bond donors (Lipinski definition) is 1. The van der Waals surface area contributed by atoms with E-state index in [4.69, 9.17) is 5.73 Å². The van der Waals surface area contributed by atoms with Gasteiger partial charge in [0.1, 0.15) is 5.82 Å². The Morgan fingerprint density at radius 2 is 2.07 bits per heavy atom. The summed E-state index contributed by atoms with van der Waals surface area (Å²) in [5, 5.41) is 7.77. The van der Waals surface area contributed by atoms with Gasteiger partial charge in [0, 0.05) is 13.2 Å². The molecule has 0 unspecified atom stereocenters. The SMILES string of the molecule is CN(c1cccnc1)c1ccc(N)nn1. The molecule has 5 heteroatoms. The molecule has 76 valence electrons. The van der Waals surface area contributed by atoms with Gasteiger partial charge in [-0.15, -0.1) is 10.2 Å². The second-order valence-electron chi connectivity index (χ2n) is 3.09. The van der Waals surface area contributed by atoms with Crippen molar-refractivity contribution in [1.29, 1.82) is 0 Å². The monoisotopic (exact) mass is 201 g/mol. The Morgan fingerprint density at radius 1 is 1.20 bits per heavy atom. The van der Waals surface area contributed by atoms with E-state index in [0.29, 0.717) is 5.82 Å².